The number of hydrogen-bond donors (Lipinski definition) is 0. The van der Waals surface area contributed by atoms with Gasteiger partial charge in [0.15, 0.2) is 0 Å². The zero-order chi connectivity index (χ0) is 10.9. The van der Waals surface area contributed by atoms with E-state index < -0.39 is 0 Å². The van der Waals surface area contributed by atoms with Crippen LogP contribution in [0.25, 0.3) is 0 Å². The molecule has 0 amide bonds. The SMILES string of the molecule is COC1(c2ncc(C)s2)CCCC(C)C1. The van der Waals surface area contributed by atoms with Gasteiger partial charge in [0.25, 0.3) is 0 Å². The first-order valence-electron chi connectivity index (χ1n) is 5.64. The molecule has 84 valence electrons. The van der Waals surface area contributed by atoms with E-state index >= 15 is 0 Å². The number of thiazole rings is 1. The Bertz CT molecular complexity index is 336. The highest BCUT2D eigenvalue weighted by Gasteiger charge is 2.38. The van der Waals surface area contributed by atoms with Gasteiger partial charge in [-0.2, -0.15) is 0 Å². The second-order valence-electron chi connectivity index (χ2n) is 4.68. The van der Waals surface area contributed by atoms with Gasteiger partial charge in [0.05, 0.1) is 0 Å². The quantitative estimate of drug-likeness (QED) is 0.768. The summed E-state index contributed by atoms with van der Waals surface area (Å²) in [6, 6.07) is 0. The number of nitrogens with zero attached hydrogens (tertiary/aromatic N) is 1. The van der Waals surface area contributed by atoms with Crippen molar-refractivity contribution in [3.63, 3.8) is 0 Å². The van der Waals surface area contributed by atoms with Crippen molar-refractivity contribution in [3.8, 4) is 0 Å². The van der Waals surface area contributed by atoms with Gasteiger partial charge in [-0.1, -0.05) is 13.3 Å². The van der Waals surface area contributed by atoms with E-state index in [4.69, 9.17) is 4.74 Å². The van der Waals surface area contributed by atoms with E-state index in [1.165, 1.54) is 22.7 Å². The molecule has 15 heavy (non-hydrogen) atoms. The van der Waals surface area contributed by atoms with Crippen molar-refractivity contribution in [2.75, 3.05) is 7.11 Å². The third-order valence-corrected chi connectivity index (χ3v) is 4.46. The van der Waals surface area contributed by atoms with Gasteiger partial charge in [0.1, 0.15) is 10.6 Å². The highest BCUT2D eigenvalue weighted by molar-refractivity contribution is 7.11. The lowest BCUT2D eigenvalue weighted by Gasteiger charge is -2.37. The van der Waals surface area contributed by atoms with Crippen LogP contribution in [0.3, 0.4) is 0 Å². The van der Waals surface area contributed by atoms with Crippen LogP contribution in [0.5, 0.6) is 0 Å². The number of methoxy groups -OCH3 is 1. The lowest BCUT2D eigenvalue weighted by atomic mass is 9.79. The van der Waals surface area contributed by atoms with Crippen LogP contribution in [0.15, 0.2) is 6.20 Å². The summed E-state index contributed by atoms with van der Waals surface area (Å²) in [5.74, 6) is 0.753. The standard InChI is InChI=1S/C12H19NOS/c1-9-5-4-6-12(7-9,14-3)11-13-8-10(2)15-11/h8-9H,4-7H2,1-3H3. The molecule has 0 aromatic carbocycles. The lowest BCUT2D eigenvalue weighted by Crippen LogP contribution is -2.34. The minimum absolute atomic E-state index is 0.0867. The average Bonchev–Trinajstić information content (AvgIpc) is 2.65. The molecule has 0 saturated heterocycles. The molecule has 1 aromatic heterocycles. The summed E-state index contributed by atoms with van der Waals surface area (Å²) in [6.45, 7) is 4.42. The van der Waals surface area contributed by atoms with Gasteiger partial charge in [-0.25, -0.2) is 4.98 Å². The molecule has 0 N–H and O–H groups in total. The molecule has 1 aliphatic carbocycles. The minimum Gasteiger partial charge on any atom is -0.371 e. The van der Waals surface area contributed by atoms with Gasteiger partial charge < -0.3 is 4.74 Å². The molecule has 2 rings (SSSR count). The molecule has 2 atom stereocenters. The topological polar surface area (TPSA) is 22.1 Å². The Kier molecular flexibility index (Phi) is 3.12. The number of rotatable bonds is 2. The number of hydrogen-bond acceptors (Lipinski definition) is 3. The zero-order valence-corrected chi connectivity index (χ0v) is 10.6. The Labute approximate surface area is 95.7 Å². The van der Waals surface area contributed by atoms with E-state index in [9.17, 15) is 0 Å². The van der Waals surface area contributed by atoms with E-state index in [0.29, 0.717) is 0 Å². The van der Waals surface area contributed by atoms with Crippen LogP contribution in [0, 0.1) is 12.8 Å². The first kappa shape index (κ1) is 11.1. The Hall–Kier alpha value is -0.410. The van der Waals surface area contributed by atoms with Crippen molar-refractivity contribution >= 4 is 11.3 Å². The first-order chi connectivity index (χ1) is 7.16. The molecule has 0 radical (unpaired) electrons. The van der Waals surface area contributed by atoms with E-state index in [1.807, 2.05) is 13.3 Å². The third-order valence-electron chi connectivity index (χ3n) is 3.36. The highest BCUT2D eigenvalue weighted by atomic mass is 32.1. The molecule has 1 aromatic rings. The maximum Gasteiger partial charge on any atom is 0.125 e. The van der Waals surface area contributed by atoms with Gasteiger partial charge in [0.2, 0.25) is 0 Å². The van der Waals surface area contributed by atoms with Crippen molar-refractivity contribution in [1.29, 1.82) is 0 Å². The van der Waals surface area contributed by atoms with Crippen LogP contribution in [0.2, 0.25) is 0 Å². The van der Waals surface area contributed by atoms with Gasteiger partial charge >= 0.3 is 0 Å². The first-order valence-corrected chi connectivity index (χ1v) is 6.46. The fourth-order valence-electron chi connectivity index (χ4n) is 2.54. The van der Waals surface area contributed by atoms with Crippen LogP contribution in [0.4, 0.5) is 0 Å². The van der Waals surface area contributed by atoms with Crippen LogP contribution >= 0.6 is 11.3 Å². The molecule has 3 heteroatoms. The average molecular weight is 225 g/mol. The molecule has 1 fully saturated rings. The summed E-state index contributed by atoms with van der Waals surface area (Å²) < 4.78 is 5.80. The summed E-state index contributed by atoms with van der Waals surface area (Å²) in [5.41, 5.74) is -0.0867. The van der Waals surface area contributed by atoms with E-state index in [1.54, 1.807) is 11.3 Å². The van der Waals surface area contributed by atoms with E-state index in [2.05, 4.69) is 18.8 Å². The van der Waals surface area contributed by atoms with Crippen LogP contribution in [0.1, 0.15) is 42.5 Å². The number of ether oxygens (including phenoxy) is 1. The third kappa shape index (κ3) is 2.08. The monoisotopic (exact) mass is 225 g/mol. The van der Waals surface area contributed by atoms with Crippen LogP contribution in [-0.4, -0.2) is 12.1 Å². The normalized spacial score (nSPS) is 31.8. The minimum atomic E-state index is -0.0867. The lowest BCUT2D eigenvalue weighted by molar-refractivity contribution is -0.0580. The highest BCUT2D eigenvalue weighted by Crippen LogP contribution is 2.43. The molecule has 2 nitrogen and oxygen atoms in total. The molecule has 1 saturated carbocycles. The maximum absolute atomic E-state index is 5.80. The van der Waals surface area contributed by atoms with Crippen molar-refractivity contribution in [3.05, 3.63) is 16.1 Å². The predicted octanol–water partition coefficient (Wildman–Crippen LogP) is 3.50. The molecule has 0 aliphatic heterocycles. The molecular formula is C12H19NOS. The summed E-state index contributed by atoms with van der Waals surface area (Å²) >= 11 is 1.78. The largest absolute Gasteiger partial charge is 0.371 e. The second-order valence-corrected chi connectivity index (χ2v) is 5.91. The van der Waals surface area contributed by atoms with E-state index in [-0.39, 0.29) is 5.60 Å². The van der Waals surface area contributed by atoms with Crippen LogP contribution < -0.4 is 0 Å². The summed E-state index contributed by atoms with van der Waals surface area (Å²) in [7, 11) is 1.83. The van der Waals surface area contributed by atoms with Gasteiger partial charge in [-0.05, 0) is 32.1 Å². The Balaban J connectivity index is 2.27. The fraction of sp³-hybridized carbons (Fsp3) is 0.750. The Morgan fingerprint density at radius 2 is 2.40 bits per heavy atom. The summed E-state index contributed by atoms with van der Waals surface area (Å²) in [5, 5.41) is 1.18. The molecule has 0 spiro atoms. The molecular weight excluding hydrogens is 206 g/mol. The van der Waals surface area contributed by atoms with Crippen molar-refractivity contribution in [2.24, 2.45) is 5.92 Å². The Morgan fingerprint density at radius 3 is 2.93 bits per heavy atom. The van der Waals surface area contributed by atoms with Crippen molar-refractivity contribution in [1.82, 2.24) is 4.98 Å². The van der Waals surface area contributed by atoms with E-state index in [0.717, 1.165) is 18.8 Å². The summed E-state index contributed by atoms with van der Waals surface area (Å²) in [4.78, 5) is 5.79. The fourth-order valence-corrected chi connectivity index (χ4v) is 3.51. The van der Waals surface area contributed by atoms with Crippen molar-refractivity contribution < 1.29 is 4.74 Å². The van der Waals surface area contributed by atoms with Gasteiger partial charge in [-0.3, -0.25) is 0 Å². The second kappa shape index (κ2) is 4.22. The molecule has 2 unspecified atom stereocenters. The predicted molar refractivity (Wildman–Crippen MR) is 63.2 cm³/mol. The summed E-state index contributed by atoms with van der Waals surface area (Å²) in [6.07, 6.45) is 6.79. The molecule has 1 heterocycles. The van der Waals surface area contributed by atoms with Crippen LogP contribution in [-0.2, 0) is 10.3 Å². The van der Waals surface area contributed by atoms with Gasteiger partial charge in [0, 0.05) is 18.2 Å². The zero-order valence-electron chi connectivity index (χ0n) is 9.75. The van der Waals surface area contributed by atoms with Crippen molar-refractivity contribution in [2.45, 2.75) is 45.1 Å². The maximum atomic E-state index is 5.80. The Morgan fingerprint density at radius 1 is 1.60 bits per heavy atom. The number of aromatic nitrogens is 1. The van der Waals surface area contributed by atoms with Gasteiger partial charge in [-0.15, -0.1) is 11.3 Å². The molecule has 0 bridgehead atoms. The molecule has 1 aliphatic rings. The number of aryl methyl sites for hydroxylation is 1. The smallest absolute Gasteiger partial charge is 0.125 e.